The van der Waals surface area contributed by atoms with Crippen LogP contribution < -0.4 is 0 Å². The molecule has 2 aliphatic heterocycles. The Morgan fingerprint density at radius 2 is 2.45 bits per heavy atom. The highest BCUT2D eigenvalue weighted by Crippen LogP contribution is 2.21. The summed E-state index contributed by atoms with van der Waals surface area (Å²) in [6, 6.07) is 0. The van der Waals surface area contributed by atoms with Crippen LogP contribution in [0.2, 0.25) is 0 Å². The van der Waals surface area contributed by atoms with Crippen LogP contribution in [0.4, 0.5) is 0 Å². The van der Waals surface area contributed by atoms with Crippen LogP contribution >= 0.6 is 0 Å². The molecule has 60 valence electrons. The van der Waals surface area contributed by atoms with Crippen molar-refractivity contribution in [3.05, 3.63) is 12.2 Å². The lowest BCUT2D eigenvalue weighted by Crippen LogP contribution is -2.30. The first-order valence-electron chi connectivity index (χ1n) is 3.46. The molecule has 0 spiro atoms. The van der Waals surface area contributed by atoms with Gasteiger partial charge >= 0.3 is 5.97 Å². The summed E-state index contributed by atoms with van der Waals surface area (Å²) in [5, 5.41) is 9.35. The third kappa shape index (κ3) is 1.27. The lowest BCUT2D eigenvalue weighted by Gasteiger charge is -2.12. The second-order valence-corrected chi connectivity index (χ2v) is 2.62. The van der Waals surface area contributed by atoms with E-state index in [1.54, 1.807) is 6.08 Å². The number of aliphatic hydroxyl groups is 1. The van der Waals surface area contributed by atoms with Crippen LogP contribution in [-0.2, 0) is 14.3 Å². The fourth-order valence-corrected chi connectivity index (χ4v) is 1.03. The Kier molecular flexibility index (Phi) is 1.44. The minimum Gasteiger partial charge on any atom is -0.452 e. The largest absolute Gasteiger partial charge is 0.452 e. The summed E-state index contributed by atoms with van der Waals surface area (Å²) in [5.74, 6) is -0.394. The number of hydrogen-bond acceptors (Lipinski definition) is 4. The fraction of sp³-hybridized carbons (Fsp3) is 0.571. The molecule has 0 saturated carbocycles. The molecular formula is C7H8O4. The number of hydrogen-bond donors (Lipinski definition) is 1. The van der Waals surface area contributed by atoms with E-state index in [1.165, 1.54) is 6.08 Å². The maximum atomic E-state index is 10.5. The highest BCUT2D eigenvalue weighted by molar-refractivity contribution is 5.84. The van der Waals surface area contributed by atoms with E-state index in [0.717, 1.165) is 0 Å². The van der Waals surface area contributed by atoms with Crippen molar-refractivity contribution in [3.63, 3.8) is 0 Å². The third-order valence-electron chi connectivity index (χ3n) is 1.75. The highest BCUT2D eigenvalue weighted by atomic mass is 16.6. The Morgan fingerprint density at radius 3 is 2.91 bits per heavy atom. The quantitative estimate of drug-likeness (QED) is 0.421. The molecule has 2 rings (SSSR count). The van der Waals surface area contributed by atoms with Crippen molar-refractivity contribution in [2.24, 2.45) is 0 Å². The molecular weight excluding hydrogens is 148 g/mol. The zero-order valence-electron chi connectivity index (χ0n) is 5.77. The monoisotopic (exact) mass is 156 g/mol. The number of carbonyl (C=O) groups excluding carboxylic acids is 1. The van der Waals surface area contributed by atoms with E-state index in [0.29, 0.717) is 6.61 Å². The van der Waals surface area contributed by atoms with Crippen LogP contribution in [0.3, 0.4) is 0 Å². The minimum absolute atomic E-state index is 0.143. The molecule has 0 amide bonds. The number of cyclic esters (lactones) is 1. The molecule has 3 atom stereocenters. The first-order chi connectivity index (χ1) is 5.27. The molecule has 11 heavy (non-hydrogen) atoms. The number of ether oxygens (including phenoxy) is 2. The topological polar surface area (TPSA) is 59.1 Å². The predicted molar refractivity (Wildman–Crippen MR) is 34.8 cm³/mol. The van der Waals surface area contributed by atoms with Crippen molar-refractivity contribution in [3.8, 4) is 0 Å². The van der Waals surface area contributed by atoms with Gasteiger partial charge in [0.25, 0.3) is 0 Å². The summed E-state index contributed by atoms with van der Waals surface area (Å²) in [7, 11) is 0. The van der Waals surface area contributed by atoms with Crippen LogP contribution in [0, 0.1) is 0 Å². The van der Waals surface area contributed by atoms with Gasteiger partial charge in [-0.15, -0.1) is 0 Å². The van der Waals surface area contributed by atoms with Crippen LogP contribution in [0.5, 0.6) is 0 Å². The molecule has 0 bridgehead atoms. The number of esters is 1. The smallest absolute Gasteiger partial charge is 0.331 e. The minimum atomic E-state index is -0.697. The second kappa shape index (κ2) is 2.32. The Balaban J connectivity index is 1.95. The standard InChI is InChI=1S/C7H8O4/c8-6-2-1-4(11-6)7(9)5-3-10-5/h1-2,4-5,7,9H,3H2/t4-,5-,7+/m1/s1. The Bertz CT molecular complexity index is 206. The summed E-state index contributed by atoms with van der Waals surface area (Å²) in [5.41, 5.74) is 0. The molecule has 0 aliphatic carbocycles. The molecule has 0 aromatic carbocycles. The van der Waals surface area contributed by atoms with E-state index in [-0.39, 0.29) is 6.10 Å². The van der Waals surface area contributed by atoms with Crippen molar-refractivity contribution in [1.29, 1.82) is 0 Å². The lowest BCUT2D eigenvalue weighted by molar-refractivity contribution is -0.143. The SMILES string of the molecule is O=C1C=C[C@H]([C@H](O)[C@H]2CO2)O1. The Morgan fingerprint density at radius 1 is 1.73 bits per heavy atom. The van der Waals surface area contributed by atoms with Crippen LogP contribution in [0.25, 0.3) is 0 Å². The maximum Gasteiger partial charge on any atom is 0.331 e. The molecule has 0 unspecified atom stereocenters. The van der Waals surface area contributed by atoms with Gasteiger partial charge in [-0.3, -0.25) is 0 Å². The number of aliphatic hydroxyl groups excluding tert-OH is 1. The molecule has 0 radical (unpaired) electrons. The molecule has 1 saturated heterocycles. The van der Waals surface area contributed by atoms with E-state index in [1.807, 2.05) is 0 Å². The van der Waals surface area contributed by atoms with E-state index < -0.39 is 18.2 Å². The van der Waals surface area contributed by atoms with Crippen molar-refractivity contribution < 1.29 is 19.4 Å². The zero-order chi connectivity index (χ0) is 7.84. The summed E-state index contributed by atoms with van der Waals surface area (Å²) in [6.07, 6.45) is 1.52. The van der Waals surface area contributed by atoms with Crippen molar-refractivity contribution in [1.82, 2.24) is 0 Å². The normalized spacial score (nSPS) is 37.0. The molecule has 2 heterocycles. The van der Waals surface area contributed by atoms with E-state index >= 15 is 0 Å². The van der Waals surface area contributed by atoms with Crippen molar-refractivity contribution in [2.45, 2.75) is 18.3 Å². The van der Waals surface area contributed by atoms with E-state index in [2.05, 4.69) is 0 Å². The predicted octanol–water partition coefficient (Wildman–Crippen LogP) is -0.772. The first-order valence-corrected chi connectivity index (χ1v) is 3.46. The van der Waals surface area contributed by atoms with Crippen molar-refractivity contribution >= 4 is 5.97 Å². The van der Waals surface area contributed by atoms with Gasteiger partial charge in [0, 0.05) is 6.08 Å². The van der Waals surface area contributed by atoms with Gasteiger partial charge in [0.15, 0.2) is 0 Å². The molecule has 1 N–H and O–H groups in total. The molecule has 4 heteroatoms. The fourth-order valence-electron chi connectivity index (χ4n) is 1.03. The highest BCUT2D eigenvalue weighted by Gasteiger charge is 2.38. The molecule has 1 fully saturated rings. The second-order valence-electron chi connectivity index (χ2n) is 2.62. The number of carbonyl (C=O) groups is 1. The summed E-state index contributed by atoms with van der Waals surface area (Å²) < 4.78 is 9.59. The van der Waals surface area contributed by atoms with Gasteiger partial charge in [0.2, 0.25) is 0 Å². The van der Waals surface area contributed by atoms with Gasteiger partial charge in [-0.05, 0) is 6.08 Å². The number of rotatable bonds is 2. The summed E-state index contributed by atoms with van der Waals surface area (Å²) >= 11 is 0. The van der Waals surface area contributed by atoms with Gasteiger partial charge in [-0.1, -0.05) is 0 Å². The average Bonchev–Trinajstić information content (AvgIpc) is 2.74. The van der Waals surface area contributed by atoms with Gasteiger partial charge < -0.3 is 14.6 Å². The van der Waals surface area contributed by atoms with Gasteiger partial charge in [-0.2, -0.15) is 0 Å². The molecule has 0 aromatic rings. The molecule has 2 aliphatic rings. The Labute approximate surface area is 63.4 Å². The third-order valence-corrected chi connectivity index (χ3v) is 1.75. The van der Waals surface area contributed by atoms with Crippen molar-refractivity contribution in [2.75, 3.05) is 6.61 Å². The van der Waals surface area contributed by atoms with Gasteiger partial charge in [-0.25, -0.2) is 4.79 Å². The maximum absolute atomic E-state index is 10.5. The first kappa shape index (κ1) is 6.82. The van der Waals surface area contributed by atoms with E-state index in [4.69, 9.17) is 9.47 Å². The lowest BCUT2D eigenvalue weighted by atomic mass is 10.1. The molecule has 4 nitrogen and oxygen atoms in total. The summed E-state index contributed by atoms with van der Waals surface area (Å²) in [4.78, 5) is 10.5. The van der Waals surface area contributed by atoms with Crippen LogP contribution in [0.1, 0.15) is 0 Å². The average molecular weight is 156 g/mol. The van der Waals surface area contributed by atoms with E-state index in [9.17, 15) is 9.90 Å². The van der Waals surface area contributed by atoms with Crippen LogP contribution in [0.15, 0.2) is 12.2 Å². The number of epoxide rings is 1. The van der Waals surface area contributed by atoms with Gasteiger partial charge in [0.1, 0.15) is 18.3 Å². The Hall–Kier alpha value is -0.870. The van der Waals surface area contributed by atoms with Crippen LogP contribution in [-0.4, -0.2) is 36.0 Å². The van der Waals surface area contributed by atoms with Gasteiger partial charge in [0.05, 0.1) is 6.61 Å². The zero-order valence-corrected chi connectivity index (χ0v) is 5.77. The molecule has 0 aromatic heterocycles. The summed E-state index contributed by atoms with van der Waals surface area (Å²) in [6.45, 7) is 0.559.